The predicted molar refractivity (Wildman–Crippen MR) is 124 cm³/mol. The van der Waals surface area contributed by atoms with E-state index >= 15 is 0 Å². The smallest absolute Gasteiger partial charge is 0.333 e. The predicted octanol–water partition coefficient (Wildman–Crippen LogP) is 2.26. The van der Waals surface area contributed by atoms with E-state index in [0.717, 1.165) is 0 Å². The number of rotatable bonds is 13. The molecule has 0 aliphatic carbocycles. The number of carbonyl (C=O) groups excluding carboxylic acids is 2. The van der Waals surface area contributed by atoms with E-state index in [1.807, 2.05) is 0 Å². The first-order valence-corrected chi connectivity index (χ1v) is 11.4. The summed E-state index contributed by atoms with van der Waals surface area (Å²) in [6.07, 6.45) is 0. The molecule has 1 aromatic rings. The molecule has 10 nitrogen and oxygen atoms in total. The zero-order valence-corrected chi connectivity index (χ0v) is 20.4. The molecule has 0 bridgehead atoms. The van der Waals surface area contributed by atoms with Gasteiger partial charge in [0.05, 0.1) is 32.1 Å². The van der Waals surface area contributed by atoms with Gasteiger partial charge in [0.1, 0.15) is 18.1 Å². The van der Waals surface area contributed by atoms with Crippen LogP contribution in [0.15, 0.2) is 53.5 Å². The summed E-state index contributed by atoms with van der Waals surface area (Å²) in [4.78, 5) is 23.6. The van der Waals surface area contributed by atoms with E-state index in [4.69, 9.17) is 23.5 Å². The molecular weight excluding hydrogens is 454 g/mol. The fraction of sp³-hybridized carbons (Fsp3) is 0.455. The quantitative estimate of drug-likeness (QED) is 0.191. The Morgan fingerprint density at radius 2 is 1.24 bits per heavy atom. The molecule has 0 heterocycles. The monoisotopic (exact) mass is 487 g/mol. The van der Waals surface area contributed by atoms with Crippen LogP contribution in [0.2, 0.25) is 0 Å². The highest BCUT2D eigenvalue weighted by Crippen LogP contribution is 2.22. The lowest BCUT2D eigenvalue weighted by Crippen LogP contribution is -2.15. The van der Waals surface area contributed by atoms with E-state index in [1.54, 1.807) is 51.0 Å². The van der Waals surface area contributed by atoms with Gasteiger partial charge < -0.3 is 23.8 Å². The molecule has 0 saturated heterocycles. The van der Waals surface area contributed by atoms with Crippen LogP contribution in [0.5, 0.6) is 0 Å². The van der Waals surface area contributed by atoms with Crippen molar-refractivity contribution in [2.45, 2.75) is 18.7 Å². The van der Waals surface area contributed by atoms with Crippen molar-refractivity contribution in [3.63, 3.8) is 0 Å². The molecule has 0 spiro atoms. The van der Waals surface area contributed by atoms with E-state index in [1.165, 1.54) is 6.07 Å². The van der Waals surface area contributed by atoms with Crippen LogP contribution in [0.1, 0.15) is 13.8 Å². The Balaban J connectivity index is 0.000000676. The first-order chi connectivity index (χ1) is 15.4. The fourth-order valence-corrected chi connectivity index (χ4v) is 2.77. The maximum atomic E-state index is 11.0. The highest BCUT2D eigenvalue weighted by atomic mass is 32.2. The van der Waals surface area contributed by atoms with Crippen molar-refractivity contribution >= 4 is 27.7 Å². The second-order valence-electron chi connectivity index (χ2n) is 6.89. The summed E-state index contributed by atoms with van der Waals surface area (Å²) in [6.45, 7) is 11.8. The Labute approximate surface area is 195 Å². The summed E-state index contributed by atoms with van der Waals surface area (Å²) >= 11 is 0. The van der Waals surface area contributed by atoms with Gasteiger partial charge in [-0.25, -0.2) is 9.59 Å². The Kier molecular flexibility index (Phi) is 14.7. The third-order valence-corrected chi connectivity index (χ3v) is 4.52. The van der Waals surface area contributed by atoms with Gasteiger partial charge in [-0.1, -0.05) is 25.3 Å². The van der Waals surface area contributed by atoms with Crippen molar-refractivity contribution in [1.29, 1.82) is 0 Å². The van der Waals surface area contributed by atoms with Crippen molar-refractivity contribution in [3.05, 3.63) is 48.6 Å². The molecule has 0 saturated carbocycles. The van der Waals surface area contributed by atoms with Crippen LogP contribution < -0.4 is 4.90 Å². The number of esters is 2. The van der Waals surface area contributed by atoms with Gasteiger partial charge in [0.2, 0.25) is 0 Å². The lowest BCUT2D eigenvalue weighted by Gasteiger charge is -2.14. The Morgan fingerprint density at radius 3 is 1.58 bits per heavy atom. The molecular formula is C22H33NO9S. The molecule has 1 rings (SSSR count). The highest BCUT2D eigenvalue weighted by molar-refractivity contribution is 7.86. The third-order valence-electron chi connectivity index (χ3n) is 3.62. The van der Waals surface area contributed by atoms with E-state index in [9.17, 15) is 18.0 Å². The van der Waals surface area contributed by atoms with Crippen LogP contribution in [-0.2, 0) is 38.7 Å². The second kappa shape index (κ2) is 16.0. The van der Waals surface area contributed by atoms with Gasteiger partial charge >= 0.3 is 11.9 Å². The molecule has 186 valence electrons. The van der Waals surface area contributed by atoms with Crippen LogP contribution in [-0.4, -0.2) is 78.6 Å². The van der Waals surface area contributed by atoms with Crippen molar-refractivity contribution in [1.82, 2.24) is 0 Å². The molecule has 1 N–H and O–H groups in total. The first-order valence-electron chi connectivity index (χ1n) is 9.92. The van der Waals surface area contributed by atoms with Gasteiger partial charge in [-0.3, -0.25) is 4.55 Å². The minimum atomic E-state index is -4.12. The molecule has 33 heavy (non-hydrogen) atoms. The first kappa shape index (κ1) is 30.3. The van der Waals surface area contributed by atoms with Crippen molar-refractivity contribution in [2.24, 2.45) is 0 Å². The Hall–Kier alpha value is -2.73. The second-order valence-corrected chi connectivity index (χ2v) is 8.28. The maximum Gasteiger partial charge on any atom is 0.333 e. The molecule has 0 amide bonds. The molecule has 0 atom stereocenters. The zero-order valence-electron chi connectivity index (χ0n) is 19.5. The molecule has 0 unspecified atom stereocenters. The number of carbonyl (C=O) groups is 2. The minimum absolute atomic E-state index is 0.0694. The normalized spacial score (nSPS) is 10.5. The highest BCUT2D eigenvalue weighted by Gasteiger charge is 2.15. The summed E-state index contributed by atoms with van der Waals surface area (Å²) < 4.78 is 50.6. The topological polar surface area (TPSA) is 129 Å². The van der Waals surface area contributed by atoms with Crippen LogP contribution in [0.4, 0.5) is 5.69 Å². The number of hydrogen-bond acceptors (Lipinski definition) is 9. The molecule has 1 aromatic carbocycles. The summed E-state index contributed by atoms with van der Waals surface area (Å²) in [5.41, 5.74) is 1.19. The lowest BCUT2D eigenvalue weighted by molar-refractivity contribution is -0.142. The SMILES string of the molecule is C=C(C)C(=O)OCCOCCOCCOC(=O)C(=C)C.CN(C)c1ccccc1S(=O)(=O)O. The van der Waals surface area contributed by atoms with Gasteiger partial charge in [0, 0.05) is 25.2 Å². The summed E-state index contributed by atoms with van der Waals surface area (Å²) in [5, 5.41) is 0. The van der Waals surface area contributed by atoms with Crippen molar-refractivity contribution in [3.8, 4) is 0 Å². The van der Waals surface area contributed by atoms with E-state index in [-0.39, 0.29) is 18.1 Å². The van der Waals surface area contributed by atoms with Gasteiger partial charge in [0.15, 0.2) is 0 Å². The molecule has 0 aromatic heterocycles. The lowest BCUT2D eigenvalue weighted by atomic mass is 10.3. The molecule has 0 fully saturated rings. The van der Waals surface area contributed by atoms with E-state index in [0.29, 0.717) is 43.3 Å². The van der Waals surface area contributed by atoms with E-state index in [2.05, 4.69) is 13.2 Å². The average Bonchev–Trinajstić information content (AvgIpc) is 2.74. The number of anilines is 1. The molecule has 0 aliphatic heterocycles. The minimum Gasteiger partial charge on any atom is -0.460 e. The average molecular weight is 488 g/mol. The molecule has 0 aliphatic rings. The number of ether oxygens (including phenoxy) is 4. The van der Waals surface area contributed by atoms with Gasteiger partial charge in [-0.15, -0.1) is 0 Å². The Morgan fingerprint density at radius 1 is 0.848 bits per heavy atom. The van der Waals surface area contributed by atoms with Crippen LogP contribution in [0.3, 0.4) is 0 Å². The van der Waals surface area contributed by atoms with Gasteiger partial charge in [0.25, 0.3) is 10.1 Å². The van der Waals surface area contributed by atoms with Crippen molar-refractivity contribution in [2.75, 3.05) is 58.6 Å². The number of para-hydroxylation sites is 1. The zero-order chi connectivity index (χ0) is 25.4. The number of benzene rings is 1. The summed E-state index contributed by atoms with van der Waals surface area (Å²) in [5.74, 6) is -0.853. The van der Waals surface area contributed by atoms with Gasteiger partial charge in [-0.05, 0) is 26.0 Å². The third kappa shape index (κ3) is 14.1. The molecule has 0 radical (unpaired) electrons. The van der Waals surface area contributed by atoms with Gasteiger partial charge in [-0.2, -0.15) is 8.42 Å². The molecule has 11 heteroatoms. The van der Waals surface area contributed by atoms with Crippen LogP contribution in [0.25, 0.3) is 0 Å². The Bertz CT molecular complexity index is 861. The number of nitrogens with zero attached hydrogens (tertiary/aromatic N) is 1. The number of hydrogen-bond donors (Lipinski definition) is 1. The van der Waals surface area contributed by atoms with Crippen molar-refractivity contribution < 1.29 is 41.5 Å². The van der Waals surface area contributed by atoms with Crippen LogP contribution >= 0.6 is 0 Å². The summed E-state index contributed by atoms with van der Waals surface area (Å²) in [6, 6.07) is 6.27. The summed E-state index contributed by atoms with van der Waals surface area (Å²) in [7, 11) is -0.696. The largest absolute Gasteiger partial charge is 0.460 e. The fourth-order valence-electron chi connectivity index (χ4n) is 2.00. The van der Waals surface area contributed by atoms with Crippen LogP contribution in [0, 0.1) is 0 Å². The maximum absolute atomic E-state index is 11.0. The standard InChI is InChI=1S/C14H22O6.C8H11NO3S/c1-11(2)13(15)19-9-7-17-5-6-18-8-10-20-14(16)12(3)4;1-9(2)7-5-3-4-6-8(7)13(10,11)12/h1,3,5-10H2,2,4H3;3-6H,1-2H3,(H,10,11,12). The van der Waals surface area contributed by atoms with E-state index < -0.39 is 22.1 Å².